The molecule has 1 heterocycles. The first-order valence-electron chi connectivity index (χ1n) is 4.79. The van der Waals surface area contributed by atoms with Gasteiger partial charge in [-0.1, -0.05) is 6.92 Å². The third-order valence-electron chi connectivity index (χ3n) is 1.92. The van der Waals surface area contributed by atoms with Crippen LogP contribution in [-0.4, -0.2) is 22.8 Å². The SMILES string of the molecule is CCCOCC(NN)c1cn(C)cn1. The monoisotopic (exact) mass is 198 g/mol. The largest absolute Gasteiger partial charge is 0.379 e. The van der Waals surface area contributed by atoms with E-state index >= 15 is 0 Å². The van der Waals surface area contributed by atoms with Gasteiger partial charge in [0.05, 0.1) is 24.7 Å². The van der Waals surface area contributed by atoms with Gasteiger partial charge in [0, 0.05) is 19.9 Å². The molecule has 0 bridgehead atoms. The molecule has 0 radical (unpaired) electrons. The van der Waals surface area contributed by atoms with Gasteiger partial charge in [-0.2, -0.15) is 0 Å². The average molecular weight is 198 g/mol. The quantitative estimate of drug-likeness (QED) is 0.393. The standard InChI is InChI=1S/C9H18N4O/c1-3-4-14-6-9(12-10)8-5-13(2)7-11-8/h5,7,9,12H,3-4,6,10H2,1-2H3. The van der Waals surface area contributed by atoms with Gasteiger partial charge in [-0.05, 0) is 6.42 Å². The number of nitrogens with two attached hydrogens (primary N) is 1. The fourth-order valence-corrected chi connectivity index (χ4v) is 1.18. The molecule has 14 heavy (non-hydrogen) atoms. The Bertz CT molecular complexity index is 261. The lowest BCUT2D eigenvalue weighted by molar-refractivity contribution is 0.111. The zero-order valence-corrected chi connectivity index (χ0v) is 8.73. The molecule has 1 aromatic rings. The first-order valence-corrected chi connectivity index (χ1v) is 4.79. The van der Waals surface area contributed by atoms with Gasteiger partial charge in [0.25, 0.3) is 0 Å². The topological polar surface area (TPSA) is 65.1 Å². The molecule has 0 amide bonds. The van der Waals surface area contributed by atoms with Crippen molar-refractivity contribution >= 4 is 0 Å². The van der Waals surface area contributed by atoms with Gasteiger partial charge in [-0.15, -0.1) is 0 Å². The number of imidazole rings is 1. The van der Waals surface area contributed by atoms with Crippen molar-refractivity contribution in [1.29, 1.82) is 0 Å². The molecule has 1 unspecified atom stereocenters. The summed E-state index contributed by atoms with van der Waals surface area (Å²) < 4.78 is 7.30. The fraction of sp³-hybridized carbons (Fsp3) is 0.667. The molecule has 3 N–H and O–H groups in total. The van der Waals surface area contributed by atoms with E-state index in [1.807, 2.05) is 17.8 Å². The zero-order valence-electron chi connectivity index (χ0n) is 8.73. The molecule has 0 saturated heterocycles. The second-order valence-corrected chi connectivity index (χ2v) is 3.26. The van der Waals surface area contributed by atoms with Gasteiger partial charge in [0.1, 0.15) is 0 Å². The van der Waals surface area contributed by atoms with E-state index in [0.717, 1.165) is 18.7 Å². The Morgan fingerprint density at radius 3 is 3.00 bits per heavy atom. The van der Waals surface area contributed by atoms with E-state index in [0.29, 0.717) is 6.61 Å². The third kappa shape index (κ3) is 3.10. The Kier molecular flexibility index (Phi) is 4.58. The Morgan fingerprint density at radius 1 is 1.71 bits per heavy atom. The molecular weight excluding hydrogens is 180 g/mol. The number of nitrogens with one attached hydrogen (secondary N) is 1. The maximum atomic E-state index is 5.42. The van der Waals surface area contributed by atoms with Crippen molar-refractivity contribution in [2.24, 2.45) is 12.9 Å². The highest BCUT2D eigenvalue weighted by atomic mass is 16.5. The Morgan fingerprint density at radius 2 is 2.50 bits per heavy atom. The van der Waals surface area contributed by atoms with Crippen molar-refractivity contribution in [1.82, 2.24) is 15.0 Å². The van der Waals surface area contributed by atoms with E-state index in [-0.39, 0.29) is 6.04 Å². The summed E-state index contributed by atoms with van der Waals surface area (Å²) in [5.74, 6) is 5.42. The number of aromatic nitrogens is 2. The predicted molar refractivity (Wildman–Crippen MR) is 54.4 cm³/mol. The van der Waals surface area contributed by atoms with E-state index < -0.39 is 0 Å². The molecule has 5 nitrogen and oxygen atoms in total. The highest BCUT2D eigenvalue weighted by molar-refractivity contribution is 5.02. The molecule has 80 valence electrons. The number of hydrogen-bond donors (Lipinski definition) is 2. The number of hydrogen-bond acceptors (Lipinski definition) is 4. The second kappa shape index (κ2) is 5.74. The summed E-state index contributed by atoms with van der Waals surface area (Å²) in [6, 6.07) is -0.0252. The minimum Gasteiger partial charge on any atom is -0.379 e. The number of nitrogens with zero attached hydrogens (tertiary/aromatic N) is 2. The molecule has 1 aromatic heterocycles. The number of hydrazine groups is 1. The molecule has 5 heteroatoms. The van der Waals surface area contributed by atoms with Crippen LogP contribution in [0.4, 0.5) is 0 Å². The average Bonchev–Trinajstić information content (AvgIpc) is 2.60. The molecule has 1 rings (SSSR count). The zero-order chi connectivity index (χ0) is 10.4. The molecule has 1 atom stereocenters. The van der Waals surface area contributed by atoms with E-state index in [2.05, 4.69) is 17.3 Å². The summed E-state index contributed by atoms with van der Waals surface area (Å²) in [4.78, 5) is 4.21. The van der Waals surface area contributed by atoms with Crippen LogP contribution < -0.4 is 11.3 Å². The molecule has 0 spiro atoms. The molecule has 0 aromatic carbocycles. The summed E-state index contributed by atoms with van der Waals surface area (Å²) in [7, 11) is 1.93. The molecule has 0 fully saturated rings. The molecule has 0 saturated carbocycles. The maximum absolute atomic E-state index is 5.42. The Balaban J connectivity index is 2.45. The van der Waals surface area contributed by atoms with E-state index in [9.17, 15) is 0 Å². The summed E-state index contributed by atoms with van der Waals surface area (Å²) in [5.41, 5.74) is 3.60. The van der Waals surface area contributed by atoms with Crippen LogP contribution in [0, 0.1) is 0 Å². The molecule has 0 aliphatic heterocycles. The van der Waals surface area contributed by atoms with Crippen LogP contribution in [-0.2, 0) is 11.8 Å². The van der Waals surface area contributed by atoms with Crippen LogP contribution in [0.15, 0.2) is 12.5 Å². The summed E-state index contributed by atoms with van der Waals surface area (Å²) in [6.07, 6.45) is 4.69. The Labute approximate surface area is 84.2 Å². The van der Waals surface area contributed by atoms with Crippen molar-refractivity contribution < 1.29 is 4.74 Å². The van der Waals surface area contributed by atoms with Crippen LogP contribution in [0.5, 0.6) is 0 Å². The third-order valence-corrected chi connectivity index (χ3v) is 1.92. The minimum absolute atomic E-state index is 0.0252. The van der Waals surface area contributed by atoms with Crippen molar-refractivity contribution in [2.45, 2.75) is 19.4 Å². The van der Waals surface area contributed by atoms with Crippen LogP contribution in [0.3, 0.4) is 0 Å². The van der Waals surface area contributed by atoms with Gasteiger partial charge in [0.2, 0.25) is 0 Å². The first kappa shape index (κ1) is 11.2. The van der Waals surface area contributed by atoms with E-state index in [1.165, 1.54) is 0 Å². The lowest BCUT2D eigenvalue weighted by atomic mass is 10.2. The maximum Gasteiger partial charge on any atom is 0.0947 e. The Hall–Kier alpha value is -0.910. The lowest BCUT2D eigenvalue weighted by Crippen LogP contribution is -2.31. The van der Waals surface area contributed by atoms with Crippen LogP contribution in [0.25, 0.3) is 0 Å². The summed E-state index contributed by atoms with van der Waals surface area (Å²) in [5, 5.41) is 0. The van der Waals surface area contributed by atoms with Crippen LogP contribution >= 0.6 is 0 Å². The first-order chi connectivity index (χ1) is 6.77. The van der Waals surface area contributed by atoms with Gasteiger partial charge < -0.3 is 9.30 Å². The van der Waals surface area contributed by atoms with Crippen molar-refractivity contribution in [2.75, 3.05) is 13.2 Å². The van der Waals surface area contributed by atoms with Crippen molar-refractivity contribution in [3.8, 4) is 0 Å². The number of aryl methyl sites for hydroxylation is 1. The van der Waals surface area contributed by atoms with E-state index in [4.69, 9.17) is 10.6 Å². The molecule has 0 aliphatic rings. The fourth-order valence-electron chi connectivity index (χ4n) is 1.18. The molecular formula is C9H18N4O. The molecule has 0 aliphatic carbocycles. The number of rotatable bonds is 6. The highest BCUT2D eigenvalue weighted by Gasteiger charge is 2.11. The summed E-state index contributed by atoms with van der Waals surface area (Å²) >= 11 is 0. The highest BCUT2D eigenvalue weighted by Crippen LogP contribution is 2.08. The van der Waals surface area contributed by atoms with Crippen LogP contribution in [0.1, 0.15) is 25.1 Å². The summed E-state index contributed by atoms with van der Waals surface area (Å²) in [6.45, 7) is 3.39. The van der Waals surface area contributed by atoms with Crippen LogP contribution in [0.2, 0.25) is 0 Å². The van der Waals surface area contributed by atoms with Gasteiger partial charge in [-0.3, -0.25) is 5.84 Å². The number of ether oxygens (including phenoxy) is 1. The lowest BCUT2D eigenvalue weighted by Gasteiger charge is -2.13. The van der Waals surface area contributed by atoms with Gasteiger partial charge in [0.15, 0.2) is 0 Å². The smallest absolute Gasteiger partial charge is 0.0947 e. The van der Waals surface area contributed by atoms with Crippen molar-refractivity contribution in [3.05, 3.63) is 18.2 Å². The predicted octanol–water partition coefficient (Wildman–Crippen LogP) is 0.351. The minimum atomic E-state index is -0.0252. The van der Waals surface area contributed by atoms with Crippen molar-refractivity contribution in [3.63, 3.8) is 0 Å². The van der Waals surface area contributed by atoms with Gasteiger partial charge in [-0.25, -0.2) is 10.4 Å². The second-order valence-electron chi connectivity index (χ2n) is 3.26. The normalized spacial score (nSPS) is 13.1. The van der Waals surface area contributed by atoms with E-state index in [1.54, 1.807) is 6.33 Å². The van der Waals surface area contributed by atoms with Gasteiger partial charge >= 0.3 is 0 Å².